The molecule has 0 aromatic carbocycles. The molecule has 8 heteroatoms. The number of aromatic nitrogens is 3. The summed E-state index contributed by atoms with van der Waals surface area (Å²) in [4.78, 5) is 14.9. The number of allylic oxidation sites excluding steroid dienone is 2. The Balaban J connectivity index is 1.30. The monoisotopic (exact) mass is 439 g/mol. The minimum Gasteiger partial charge on any atom is -0.453 e. The number of rotatable bonds is 8. The van der Waals surface area contributed by atoms with E-state index in [2.05, 4.69) is 44.6 Å². The molecule has 0 bridgehead atoms. The summed E-state index contributed by atoms with van der Waals surface area (Å²) in [7, 11) is 1.59. The number of methoxy groups -OCH3 is 1. The molecule has 1 amide bonds. The normalized spacial score (nSPS) is 19.2. The number of ether oxygens (including phenoxy) is 1. The molecule has 8 nitrogen and oxygen atoms in total. The highest BCUT2D eigenvalue weighted by molar-refractivity contribution is 5.91. The van der Waals surface area contributed by atoms with E-state index in [-0.39, 0.29) is 11.7 Å². The zero-order valence-corrected chi connectivity index (χ0v) is 19.1. The van der Waals surface area contributed by atoms with Gasteiger partial charge in [-0.1, -0.05) is 23.8 Å². The number of fused-ring (bicyclic) bond motifs is 1. The molecule has 2 aromatic rings. The summed E-state index contributed by atoms with van der Waals surface area (Å²) in [5.41, 5.74) is 2.84. The van der Waals surface area contributed by atoms with Crippen LogP contribution in [-0.2, 0) is 30.9 Å². The molecule has 0 fully saturated rings. The molecule has 4 rings (SSSR count). The lowest BCUT2D eigenvalue weighted by Crippen LogP contribution is -2.30. The van der Waals surface area contributed by atoms with E-state index in [1.165, 1.54) is 12.0 Å². The molecular weight excluding hydrogens is 406 g/mol. The van der Waals surface area contributed by atoms with E-state index in [0.717, 1.165) is 57.1 Å². The molecule has 3 heterocycles. The smallest absolute Gasteiger partial charge is 0.287 e. The van der Waals surface area contributed by atoms with Gasteiger partial charge in [0.15, 0.2) is 11.6 Å². The average Bonchev–Trinajstić information content (AvgIpc) is 3.36. The van der Waals surface area contributed by atoms with Gasteiger partial charge in [-0.15, -0.1) is 10.2 Å². The quantitative estimate of drug-likeness (QED) is 0.636. The van der Waals surface area contributed by atoms with Crippen molar-refractivity contribution >= 4 is 5.91 Å². The lowest BCUT2D eigenvalue weighted by molar-refractivity contribution is 0.0913. The summed E-state index contributed by atoms with van der Waals surface area (Å²) < 4.78 is 12.7. The second-order valence-corrected chi connectivity index (χ2v) is 8.77. The fourth-order valence-corrected chi connectivity index (χ4v) is 4.45. The molecule has 1 atom stereocenters. The Hall–Kier alpha value is -2.71. The van der Waals surface area contributed by atoms with Crippen LogP contribution in [0.4, 0.5) is 0 Å². The van der Waals surface area contributed by atoms with Crippen molar-refractivity contribution in [2.75, 3.05) is 26.7 Å². The molecule has 0 radical (unpaired) electrons. The van der Waals surface area contributed by atoms with Crippen molar-refractivity contribution < 1.29 is 13.9 Å². The van der Waals surface area contributed by atoms with Gasteiger partial charge in [0.05, 0.1) is 6.54 Å². The highest BCUT2D eigenvalue weighted by Crippen LogP contribution is 2.28. The zero-order chi connectivity index (χ0) is 22.5. The average molecular weight is 440 g/mol. The molecule has 0 spiro atoms. The molecule has 2 aliphatic rings. The minimum absolute atomic E-state index is 0.266. The van der Waals surface area contributed by atoms with Gasteiger partial charge in [-0.25, -0.2) is 0 Å². The van der Waals surface area contributed by atoms with E-state index in [4.69, 9.17) is 9.15 Å². The maximum Gasteiger partial charge on any atom is 0.287 e. The van der Waals surface area contributed by atoms with Crippen molar-refractivity contribution in [2.45, 2.75) is 52.3 Å². The van der Waals surface area contributed by atoms with Crippen LogP contribution >= 0.6 is 0 Å². The van der Waals surface area contributed by atoms with Gasteiger partial charge in [-0.05, 0) is 44.2 Å². The molecule has 172 valence electrons. The van der Waals surface area contributed by atoms with Gasteiger partial charge in [0, 0.05) is 39.7 Å². The molecular formula is C24H33N5O3. The summed E-state index contributed by atoms with van der Waals surface area (Å²) in [6, 6.07) is 3.40. The molecule has 0 saturated heterocycles. The molecule has 1 aliphatic heterocycles. The van der Waals surface area contributed by atoms with E-state index in [1.54, 1.807) is 24.8 Å². The summed E-state index contributed by atoms with van der Waals surface area (Å²) in [5.74, 6) is 3.03. The number of nitrogens with one attached hydrogen (secondary N) is 1. The van der Waals surface area contributed by atoms with Gasteiger partial charge in [-0.3, -0.25) is 9.69 Å². The third kappa shape index (κ3) is 5.37. The fourth-order valence-electron chi connectivity index (χ4n) is 4.45. The summed E-state index contributed by atoms with van der Waals surface area (Å²) in [6.45, 7) is 10.7. The summed E-state index contributed by atoms with van der Waals surface area (Å²) >= 11 is 0. The lowest BCUT2D eigenvalue weighted by Gasteiger charge is -2.26. The second kappa shape index (κ2) is 10.3. The van der Waals surface area contributed by atoms with Crippen LogP contribution in [0.1, 0.15) is 54.2 Å². The molecule has 2 aromatic heterocycles. The largest absolute Gasteiger partial charge is 0.453 e. The van der Waals surface area contributed by atoms with Crippen LogP contribution in [0.15, 0.2) is 40.4 Å². The van der Waals surface area contributed by atoms with Crippen molar-refractivity contribution in [3.8, 4) is 0 Å². The fraction of sp³-hybridized carbons (Fsp3) is 0.542. The number of carbonyl (C=O) groups excluding carboxylic acids is 1. The minimum atomic E-state index is -0.266. The Morgan fingerprint density at radius 2 is 2.16 bits per heavy atom. The van der Waals surface area contributed by atoms with Crippen LogP contribution in [0.3, 0.4) is 0 Å². The van der Waals surface area contributed by atoms with Gasteiger partial charge >= 0.3 is 0 Å². The van der Waals surface area contributed by atoms with Crippen molar-refractivity contribution in [3.63, 3.8) is 0 Å². The first-order valence-electron chi connectivity index (χ1n) is 11.4. The lowest BCUT2D eigenvalue weighted by atomic mass is 9.85. The second-order valence-electron chi connectivity index (χ2n) is 8.77. The van der Waals surface area contributed by atoms with E-state index >= 15 is 0 Å². The predicted octanol–water partition coefficient (Wildman–Crippen LogP) is 3.11. The first-order valence-corrected chi connectivity index (χ1v) is 11.4. The summed E-state index contributed by atoms with van der Waals surface area (Å²) in [5, 5.41) is 11.6. The third-order valence-electron chi connectivity index (χ3n) is 6.40. The highest BCUT2D eigenvalue weighted by Gasteiger charge is 2.22. The predicted molar refractivity (Wildman–Crippen MR) is 121 cm³/mol. The number of hydrogen-bond acceptors (Lipinski definition) is 6. The van der Waals surface area contributed by atoms with E-state index < -0.39 is 0 Å². The number of hydrogen-bond donors (Lipinski definition) is 1. The van der Waals surface area contributed by atoms with E-state index in [1.807, 2.05) is 0 Å². The van der Waals surface area contributed by atoms with E-state index in [9.17, 15) is 4.79 Å². The van der Waals surface area contributed by atoms with Crippen molar-refractivity contribution in [3.05, 3.63) is 59.1 Å². The number of carbonyl (C=O) groups is 1. The number of amides is 1. The SMILES string of the molecule is C=C(C)C1CC=C(CN2CCc3nnc(CNC(=O)c4ccc(COC)o4)n3CC2)CC1. The standard InChI is InChI=1S/C24H33N5O3/c1-17(2)19-6-4-18(5-7-19)15-28-11-10-22-26-27-23(29(22)13-12-28)14-25-24(30)21-9-8-20(32-21)16-31-3/h4,8-9,19H,1,5-7,10-16H2,2-3H3,(H,25,30). The number of nitrogens with zero attached hydrogens (tertiary/aromatic N) is 4. The van der Waals surface area contributed by atoms with Crippen LogP contribution in [0.5, 0.6) is 0 Å². The number of furan rings is 1. The molecule has 1 aliphatic carbocycles. The Morgan fingerprint density at radius 3 is 2.91 bits per heavy atom. The van der Waals surface area contributed by atoms with Crippen LogP contribution < -0.4 is 5.32 Å². The van der Waals surface area contributed by atoms with Crippen molar-refractivity contribution in [2.24, 2.45) is 5.92 Å². The molecule has 32 heavy (non-hydrogen) atoms. The van der Waals surface area contributed by atoms with Crippen LogP contribution in [0.25, 0.3) is 0 Å². The molecule has 0 saturated carbocycles. The van der Waals surface area contributed by atoms with Crippen LogP contribution in [-0.4, -0.2) is 52.3 Å². The van der Waals surface area contributed by atoms with Gasteiger partial charge in [-0.2, -0.15) is 0 Å². The molecule has 1 unspecified atom stereocenters. The maximum atomic E-state index is 12.4. The van der Waals surface area contributed by atoms with Crippen LogP contribution in [0, 0.1) is 5.92 Å². The Bertz CT molecular complexity index is 990. The Morgan fingerprint density at radius 1 is 1.28 bits per heavy atom. The van der Waals surface area contributed by atoms with Gasteiger partial charge < -0.3 is 19.0 Å². The molecule has 1 N–H and O–H groups in total. The summed E-state index contributed by atoms with van der Waals surface area (Å²) in [6.07, 6.45) is 6.78. The Labute approximate surface area is 189 Å². The third-order valence-corrected chi connectivity index (χ3v) is 6.40. The van der Waals surface area contributed by atoms with Gasteiger partial charge in [0.25, 0.3) is 5.91 Å². The maximum absolute atomic E-state index is 12.4. The van der Waals surface area contributed by atoms with Gasteiger partial charge in [0.1, 0.15) is 18.2 Å². The zero-order valence-electron chi connectivity index (χ0n) is 19.1. The van der Waals surface area contributed by atoms with Crippen molar-refractivity contribution in [1.29, 1.82) is 0 Å². The topological polar surface area (TPSA) is 85.4 Å². The highest BCUT2D eigenvalue weighted by atomic mass is 16.5. The first-order chi connectivity index (χ1) is 15.5. The first kappa shape index (κ1) is 22.5. The van der Waals surface area contributed by atoms with Gasteiger partial charge in [0.2, 0.25) is 0 Å². The van der Waals surface area contributed by atoms with Crippen LogP contribution in [0.2, 0.25) is 0 Å². The van der Waals surface area contributed by atoms with Crippen molar-refractivity contribution in [1.82, 2.24) is 25.0 Å². The Kier molecular flexibility index (Phi) is 7.22. The van der Waals surface area contributed by atoms with E-state index in [0.29, 0.717) is 24.8 Å².